The van der Waals surface area contributed by atoms with E-state index in [4.69, 9.17) is 4.74 Å². The first-order valence-electron chi connectivity index (χ1n) is 8.50. The highest BCUT2D eigenvalue weighted by molar-refractivity contribution is 6.14. The molecule has 0 bridgehead atoms. The van der Waals surface area contributed by atoms with Crippen molar-refractivity contribution in [2.45, 2.75) is 34.6 Å². The van der Waals surface area contributed by atoms with Gasteiger partial charge in [0, 0.05) is 5.69 Å². The lowest BCUT2D eigenvalue weighted by Gasteiger charge is -2.24. The van der Waals surface area contributed by atoms with Crippen molar-refractivity contribution in [3.63, 3.8) is 0 Å². The number of carbonyl (C=O) groups is 2. The van der Waals surface area contributed by atoms with Crippen LogP contribution < -0.4 is 15.4 Å². The predicted molar refractivity (Wildman–Crippen MR) is 105 cm³/mol. The van der Waals surface area contributed by atoms with E-state index in [-0.39, 0.29) is 5.91 Å². The first-order chi connectivity index (χ1) is 12.2. The van der Waals surface area contributed by atoms with E-state index in [1.54, 1.807) is 32.0 Å². The number of carbonyl (C=O) groups excluding carboxylic acids is 2. The molecule has 0 aliphatic rings. The molecule has 2 rings (SSSR count). The molecule has 5 nitrogen and oxygen atoms in total. The number of hydrogen-bond acceptors (Lipinski definition) is 3. The fraction of sp³-hybridized carbons (Fsp3) is 0.333. The van der Waals surface area contributed by atoms with E-state index >= 15 is 0 Å². The first-order valence-corrected chi connectivity index (χ1v) is 8.50. The number of anilines is 2. The summed E-state index contributed by atoms with van der Waals surface area (Å²) < 4.78 is 5.24. The van der Waals surface area contributed by atoms with Crippen molar-refractivity contribution in [3.8, 4) is 5.75 Å². The number of benzene rings is 2. The Morgan fingerprint density at radius 2 is 1.46 bits per heavy atom. The highest BCUT2D eigenvalue weighted by atomic mass is 16.5. The second-order valence-corrected chi connectivity index (χ2v) is 7.01. The van der Waals surface area contributed by atoms with Gasteiger partial charge in [-0.3, -0.25) is 9.59 Å². The molecule has 0 spiro atoms. The van der Waals surface area contributed by atoms with Crippen LogP contribution in [0.15, 0.2) is 36.4 Å². The number of amides is 2. The van der Waals surface area contributed by atoms with Gasteiger partial charge in [-0.1, -0.05) is 29.8 Å². The lowest BCUT2D eigenvalue weighted by Crippen LogP contribution is -2.41. The van der Waals surface area contributed by atoms with Crippen molar-refractivity contribution >= 4 is 23.2 Å². The Labute approximate surface area is 154 Å². The summed E-state index contributed by atoms with van der Waals surface area (Å²) in [5.74, 6) is -0.218. The van der Waals surface area contributed by atoms with Crippen molar-refractivity contribution < 1.29 is 14.3 Å². The summed E-state index contributed by atoms with van der Waals surface area (Å²) >= 11 is 0. The van der Waals surface area contributed by atoms with Crippen LogP contribution in [-0.4, -0.2) is 18.9 Å². The summed E-state index contributed by atoms with van der Waals surface area (Å²) in [6, 6.07) is 11.1. The Kier molecular flexibility index (Phi) is 5.70. The minimum absolute atomic E-state index is 0.361. The largest absolute Gasteiger partial charge is 0.495 e. The minimum Gasteiger partial charge on any atom is -0.495 e. The van der Waals surface area contributed by atoms with E-state index < -0.39 is 11.3 Å². The Bertz CT molecular complexity index is 818. The number of methoxy groups -OCH3 is 1. The van der Waals surface area contributed by atoms with E-state index in [1.165, 1.54) is 7.11 Å². The summed E-state index contributed by atoms with van der Waals surface area (Å²) in [4.78, 5) is 25.5. The zero-order valence-corrected chi connectivity index (χ0v) is 16.2. The van der Waals surface area contributed by atoms with Crippen molar-refractivity contribution in [3.05, 3.63) is 53.1 Å². The van der Waals surface area contributed by atoms with Gasteiger partial charge in [0.2, 0.25) is 11.8 Å². The number of nitrogens with one attached hydrogen (secondary N) is 2. The predicted octanol–water partition coefficient (Wildman–Crippen LogP) is 4.22. The van der Waals surface area contributed by atoms with Gasteiger partial charge in [0.15, 0.2) is 0 Å². The number of ether oxygens (including phenoxy) is 1. The maximum absolute atomic E-state index is 12.8. The molecular weight excluding hydrogens is 328 g/mol. The lowest BCUT2D eigenvalue weighted by atomic mass is 9.90. The third-order valence-corrected chi connectivity index (χ3v) is 4.41. The third kappa shape index (κ3) is 4.04. The molecule has 0 aliphatic heterocycles. The van der Waals surface area contributed by atoms with Crippen molar-refractivity contribution in [2.75, 3.05) is 17.7 Å². The van der Waals surface area contributed by atoms with Crippen LogP contribution in [0.2, 0.25) is 0 Å². The van der Waals surface area contributed by atoms with Crippen LogP contribution >= 0.6 is 0 Å². The van der Waals surface area contributed by atoms with Crippen LogP contribution in [0.3, 0.4) is 0 Å². The van der Waals surface area contributed by atoms with Crippen LogP contribution in [0.5, 0.6) is 5.75 Å². The highest BCUT2D eigenvalue weighted by Crippen LogP contribution is 2.28. The van der Waals surface area contributed by atoms with Crippen molar-refractivity contribution in [1.29, 1.82) is 0 Å². The summed E-state index contributed by atoms with van der Waals surface area (Å²) in [6.45, 7) is 9.10. The first kappa shape index (κ1) is 19.5. The van der Waals surface area contributed by atoms with Gasteiger partial charge in [-0.2, -0.15) is 0 Å². The average Bonchev–Trinajstić information content (AvgIpc) is 2.58. The molecule has 2 amide bonds. The summed E-state index contributed by atoms with van der Waals surface area (Å²) in [6.07, 6.45) is 0. The molecular formula is C21H26N2O3. The van der Waals surface area contributed by atoms with E-state index in [9.17, 15) is 9.59 Å². The van der Waals surface area contributed by atoms with E-state index in [0.717, 1.165) is 22.4 Å². The van der Waals surface area contributed by atoms with E-state index in [2.05, 4.69) is 10.6 Å². The molecule has 0 aromatic heterocycles. The molecule has 0 heterocycles. The topological polar surface area (TPSA) is 67.4 Å². The number of rotatable bonds is 5. The van der Waals surface area contributed by atoms with E-state index in [1.807, 2.05) is 39.0 Å². The van der Waals surface area contributed by atoms with Gasteiger partial charge >= 0.3 is 0 Å². The van der Waals surface area contributed by atoms with Crippen LogP contribution in [0, 0.1) is 26.2 Å². The summed E-state index contributed by atoms with van der Waals surface area (Å²) in [5, 5.41) is 5.69. The molecule has 26 heavy (non-hydrogen) atoms. The Hall–Kier alpha value is -2.82. The van der Waals surface area contributed by atoms with Crippen LogP contribution in [-0.2, 0) is 9.59 Å². The monoisotopic (exact) mass is 354 g/mol. The fourth-order valence-electron chi connectivity index (χ4n) is 2.78. The number of aryl methyl sites for hydroxylation is 3. The van der Waals surface area contributed by atoms with Crippen molar-refractivity contribution in [2.24, 2.45) is 5.41 Å². The number of hydrogen-bond donors (Lipinski definition) is 2. The highest BCUT2D eigenvalue weighted by Gasteiger charge is 2.37. The molecule has 0 fully saturated rings. The zero-order valence-electron chi connectivity index (χ0n) is 16.2. The van der Waals surface area contributed by atoms with E-state index in [0.29, 0.717) is 11.4 Å². The minimum atomic E-state index is -1.26. The standard InChI is InChI=1S/C21H26N2O3/c1-13-11-14(2)18(15(3)12-13)23-20(25)21(4,5)19(24)22-16-9-7-8-10-17(16)26-6/h7-12H,1-6H3,(H,22,24)(H,23,25). The third-order valence-electron chi connectivity index (χ3n) is 4.41. The summed E-state index contributed by atoms with van der Waals surface area (Å²) in [5.41, 5.74) is 3.09. The van der Waals surface area contributed by atoms with Crippen LogP contribution in [0.4, 0.5) is 11.4 Å². The molecule has 5 heteroatoms. The smallest absolute Gasteiger partial charge is 0.239 e. The zero-order chi connectivity index (χ0) is 19.5. The van der Waals surface area contributed by atoms with Gasteiger partial charge in [0.05, 0.1) is 12.8 Å². The molecule has 0 saturated heterocycles. The number of para-hydroxylation sites is 2. The quantitative estimate of drug-likeness (QED) is 0.790. The van der Waals surface area contributed by atoms with Gasteiger partial charge in [-0.25, -0.2) is 0 Å². The second kappa shape index (κ2) is 7.60. The molecule has 0 radical (unpaired) electrons. The SMILES string of the molecule is COc1ccccc1NC(=O)C(C)(C)C(=O)Nc1c(C)cc(C)cc1C. The van der Waals surface area contributed by atoms with Gasteiger partial charge in [0.1, 0.15) is 11.2 Å². The summed E-state index contributed by atoms with van der Waals surface area (Å²) in [7, 11) is 1.53. The lowest BCUT2D eigenvalue weighted by molar-refractivity contribution is -0.135. The normalized spacial score (nSPS) is 11.0. The maximum Gasteiger partial charge on any atom is 0.239 e. The Morgan fingerprint density at radius 3 is 2.04 bits per heavy atom. The Morgan fingerprint density at radius 1 is 0.923 bits per heavy atom. The molecule has 2 aromatic carbocycles. The average molecular weight is 354 g/mol. The Balaban J connectivity index is 2.21. The maximum atomic E-state index is 12.8. The fourth-order valence-corrected chi connectivity index (χ4v) is 2.78. The second-order valence-electron chi connectivity index (χ2n) is 7.01. The van der Waals surface area contributed by atoms with Crippen LogP contribution in [0.1, 0.15) is 30.5 Å². The molecule has 0 saturated carbocycles. The molecule has 138 valence electrons. The molecule has 2 aromatic rings. The van der Waals surface area contributed by atoms with Crippen LogP contribution in [0.25, 0.3) is 0 Å². The van der Waals surface area contributed by atoms with Gasteiger partial charge < -0.3 is 15.4 Å². The molecule has 0 atom stereocenters. The van der Waals surface area contributed by atoms with Gasteiger partial charge in [-0.15, -0.1) is 0 Å². The molecule has 2 N–H and O–H groups in total. The van der Waals surface area contributed by atoms with Gasteiger partial charge in [0.25, 0.3) is 0 Å². The van der Waals surface area contributed by atoms with Gasteiger partial charge in [-0.05, 0) is 57.9 Å². The molecule has 0 unspecified atom stereocenters. The van der Waals surface area contributed by atoms with Crippen molar-refractivity contribution in [1.82, 2.24) is 0 Å². The molecule has 0 aliphatic carbocycles.